The summed E-state index contributed by atoms with van der Waals surface area (Å²) < 4.78 is 0. The largest absolute Gasteiger partial charge is 0.351 e. The molecule has 0 saturated carbocycles. The maximum atomic E-state index is 10.8. The molecule has 2 aromatic rings. The van der Waals surface area contributed by atoms with Crippen molar-refractivity contribution in [2.75, 3.05) is 5.32 Å². The van der Waals surface area contributed by atoms with Crippen LogP contribution in [0.1, 0.15) is 12.6 Å². The number of hydrogen-bond acceptors (Lipinski definition) is 3. The number of carbonyl (C=O) groups excluding carboxylic acids is 1. The predicted molar refractivity (Wildman–Crippen MR) is 70.1 cm³/mol. The molecule has 1 aromatic heterocycles. The third kappa shape index (κ3) is 2.82. The molecule has 0 aliphatic heterocycles. The van der Waals surface area contributed by atoms with Crippen molar-refractivity contribution in [2.45, 2.75) is 13.3 Å². The number of hydrogen-bond donors (Lipinski definition) is 2. The number of aryl methyl sites for hydroxylation is 1. The predicted octanol–water partition coefficient (Wildman–Crippen LogP) is 2.20. The monoisotopic (exact) mass is 242 g/mol. The van der Waals surface area contributed by atoms with Crippen molar-refractivity contribution in [3.8, 4) is 11.3 Å². The van der Waals surface area contributed by atoms with Crippen LogP contribution in [0.2, 0.25) is 0 Å². The summed E-state index contributed by atoms with van der Waals surface area (Å²) in [4.78, 5) is 19.4. The van der Waals surface area contributed by atoms with Crippen LogP contribution in [0, 0.1) is 0 Å². The van der Waals surface area contributed by atoms with Crippen LogP contribution in [0.4, 0.5) is 10.5 Å². The Hall–Kier alpha value is -2.43. The van der Waals surface area contributed by atoms with Crippen LogP contribution in [0.5, 0.6) is 0 Å². The number of amides is 2. The van der Waals surface area contributed by atoms with E-state index < -0.39 is 6.03 Å². The number of anilines is 1. The summed E-state index contributed by atoms with van der Waals surface area (Å²) in [5, 5.41) is 2.53. The molecule has 1 aromatic carbocycles. The van der Waals surface area contributed by atoms with Crippen molar-refractivity contribution >= 4 is 11.7 Å². The number of nitrogens with one attached hydrogen (secondary N) is 1. The fourth-order valence-electron chi connectivity index (χ4n) is 1.61. The molecule has 3 N–H and O–H groups in total. The number of carbonyl (C=O) groups is 1. The quantitative estimate of drug-likeness (QED) is 0.865. The highest BCUT2D eigenvalue weighted by molar-refractivity contribution is 5.88. The normalized spacial score (nSPS) is 10.1. The van der Waals surface area contributed by atoms with Gasteiger partial charge < -0.3 is 11.1 Å². The van der Waals surface area contributed by atoms with Gasteiger partial charge in [0.15, 0.2) is 0 Å². The molecular formula is C13H14N4O. The Balaban J connectivity index is 2.34. The van der Waals surface area contributed by atoms with Gasteiger partial charge in [-0.05, 0) is 18.6 Å². The lowest BCUT2D eigenvalue weighted by Gasteiger charge is -2.06. The molecule has 0 fully saturated rings. The number of primary amides is 1. The highest BCUT2D eigenvalue weighted by Gasteiger charge is 2.03. The second-order valence-electron chi connectivity index (χ2n) is 3.82. The van der Waals surface area contributed by atoms with Crippen LogP contribution in [-0.4, -0.2) is 16.0 Å². The molecule has 0 unspecified atom stereocenters. The zero-order valence-electron chi connectivity index (χ0n) is 10.1. The van der Waals surface area contributed by atoms with Crippen LogP contribution >= 0.6 is 0 Å². The summed E-state index contributed by atoms with van der Waals surface area (Å²) in [6.07, 6.45) is 4.28. The maximum absolute atomic E-state index is 10.8. The first-order valence-electron chi connectivity index (χ1n) is 5.67. The SMILES string of the molecule is CCc1cncc(-c2cccc(NC(N)=O)c2)n1. The second-order valence-corrected chi connectivity index (χ2v) is 3.82. The highest BCUT2D eigenvalue weighted by Crippen LogP contribution is 2.20. The first-order valence-corrected chi connectivity index (χ1v) is 5.67. The van der Waals surface area contributed by atoms with E-state index in [9.17, 15) is 4.79 Å². The van der Waals surface area contributed by atoms with Crippen LogP contribution < -0.4 is 11.1 Å². The molecule has 5 nitrogen and oxygen atoms in total. The molecule has 0 bridgehead atoms. The lowest BCUT2D eigenvalue weighted by molar-refractivity contribution is 0.259. The van der Waals surface area contributed by atoms with Crippen LogP contribution in [-0.2, 0) is 6.42 Å². The minimum absolute atomic E-state index is 0.583. The summed E-state index contributed by atoms with van der Waals surface area (Å²) in [6.45, 7) is 2.03. The first kappa shape index (κ1) is 12.0. The smallest absolute Gasteiger partial charge is 0.316 e. The molecule has 5 heteroatoms. The van der Waals surface area contributed by atoms with Gasteiger partial charge in [-0.25, -0.2) is 9.78 Å². The van der Waals surface area contributed by atoms with Gasteiger partial charge in [-0.2, -0.15) is 0 Å². The Morgan fingerprint density at radius 3 is 2.94 bits per heavy atom. The lowest BCUT2D eigenvalue weighted by Crippen LogP contribution is -2.19. The standard InChI is InChI=1S/C13H14N4O/c1-2-10-7-15-8-12(16-10)9-4-3-5-11(6-9)17-13(14)18/h3-8H,2H2,1H3,(H3,14,17,18). The van der Waals surface area contributed by atoms with Gasteiger partial charge >= 0.3 is 6.03 Å². The van der Waals surface area contributed by atoms with E-state index in [-0.39, 0.29) is 0 Å². The van der Waals surface area contributed by atoms with E-state index in [4.69, 9.17) is 5.73 Å². The Morgan fingerprint density at radius 2 is 2.22 bits per heavy atom. The van der Waals surface area contributed by atoms with Crippen molar-refractivity contribution < 1.29 is 4.79 Å². The van der Waals surface area contributed by atoms with Crippen molar-refractivity contribution in [1.29, 1.82) is 0 Å². The minimum Gasteiger partial charge on any atom is -0.351 e. The highest BCUT2D eigenvalue weighted by atomic mass is 16.2. The van der Waals surface area contributed by atoms with Crippen LogP contribution in [0.25, 0.3) is 11.3 Å². The van der Waals surface area contributed by atoms with E-state index >= 15 is 0 Å². The van der Waals surface area contributed by atoms with E-state index in [1.807, 2.05) is 25.1 Å². The number of nitrogens with zero attached hydrogens (tertiary/aromatic N) is 2. The maximum Gasteiger partial charge on any atom is 0.316 e. The molecule has 0 saturated heterocycles. The molecule has 92 valence electrons. The molecule has 2 rings (SSSR count). The summed E-state index contributed by atoms with van der Waals surface area (Å²) in [5.41, 5.74) is 8.33. The third-order valence-electron chi connectivity index (χ3n) is 2.47. The van der Waals surface area contributed by atoms with E-state index in [0.717, 1.165) is 23.4 Å². The molecule has 0 radical (unpaired) electrons. The third-order valence-corrected chi connectivity index (χ3v) is 2.47. The Labute approximate surface area is 105 Å². The summed E-state index contributed by atoms with van der Waals surface area (Å²) in [6, 6.07) is 6.75. The zero-order chi connectivity index (χ0) is 13.0. The van der Waals surface area contributed by atoms with Gasteiger partial charge in [-0.15, -0.1) is 0 Å². The van der Waals surface area contributed by atoms with Gasteiger partial charge in [0, 0.05) is 17.4 Å². The minimum atomic E-state index is -0.583. The van der Waals surface area contributed by atoms with E-state index in [0.29, 0.717) is 5.69 Å². The van der Waals surface area contributed by atoms with E-state index in [1.165, 1.54) is 0 Å². The topological polar surface area (TPSA) is 80.9 Å². The molecule has 1 heterocycles. The lowest BCUT2D eigenvalue weighted by atomic mass is 10.1. The number of rotatable bonds is 3. The first-order chi connectivity index (χ1) is 8.69. The molecular weight excluding hydrogens is 228 g/mol. The summed E-state index contributed by atoms with van der Waals surface area (Å²) in [5.74, 6) is 0. The zero-order valence-corrected chi connectivity index (χ0v) is 10.1. The van der Waals surface area contributed by atoms with Gasteiger partial charge in [-0.3, -0.25) is 4.98 Å². The average Bonchev–Trinajstić information content (AvgIpc) is 2.38. The Bertz CT molecular complexity index is 568. The van der Waals surface area contributed by atoms with E-state index in [1.54, 1.807) is 18.5 Å². The Morgan fingerprint density at radius 1 is 1.39 bits per heavy atom. The molecule has 0 aliphatic rings. The van der Waals surface area contributed by atoms with Gasteiger partial charge in [0.25, 0.3) is 0 Å². The molecule has 18 heavy (non-hydrogen) atoms. The summed E-state index contributed by atoms with van der Waals surface area (Å²) >= 11 is 0. The van der Waals surface area contributed by atoms with Gasteiger partial charge in [0.1, 0.15) is 0 Å². The fourth-order valence-corrected chi connectivity index (χ4v) is 1.61. The molecule has 0 aliphatic carbocycles. The number of benzene rings is 1. The van der Waals surface area contributed by atoms with Crippen molar-refractivity contribution in [3.63, 3.8) is 0 Å². The van der Waals surface area contributed by atoms with Gasteiger partial charge in [-0.1, -0.05) is 19.1 Å². The molecule has 0 spiro atoms. The van der Waals surface area contributed by atoms with Gasteiger partial charge in [0.05, 0.1) is 17.6 Å². The van der Waals surface area contributed by atoms with Crippen molar-refractivity contribution in [3.05, 3.63) is 42.4 Å². The van der Waals surface area contributed by atoms with Crippen LogP contribution in [0.3, 0.4) is 0 Å². The Kier molecular flexibility index (Phi) is 3.52. The van der Waals surface area contributed by atoms with E-state index in [2.05, 4.69) is 15.3 Å². The number of aromatic nitrogens is 2. The summed E-state index contributed by atoms with van der Waals surface area (Å²) in [7, 11) is 0. The molecule has 2 amide bonds. The fraction of sp³-hybridized carbons (Fsp3) is 0.154. The average molecular weight is 242 g/mol. The number of urea groups is 1. The molecule has 0 atom stereocenters. The van der Waals surface area contributed by atoms with Crippen molar-refractivity contribution in [2.24, 2.45) is 5.73 Å². The second kappa shape index (κ2) is 5.27. The van der Waals surface area contributed by atoms with Crippen molar-refractivity contribution in [1.82, 2.24) is 9.97 Å². The van der Waals surface area contributed by atoms with Gasteiger partial charge in [0.2, 0.25) is 0 Å². The number of nitrogens with two attached hydrogens (primary N) is 1. The van der Waals surface area contributed by atoms with Crippen LogP contribution in [0.15, 0.2) is 36.7 Å².